The van der Waals surface area contributed by atoms with Gasteiger partial charge in [-0.15, -0.1) is 0 Å². The van der Waals surface area contributed by atoms with Crippen molar-refractivity contribution in [1.29, 1.82) is 0 Å². The van der Waals surface area contributed by atoms with Crippen molar-refractivity contribution in [1.82, 2.24) is 14.5 Å². The molecule has 0 saturated heterocycles. The molecule has 0 radical (unpaired) electrons. The summed E-state index contributed by atoms with van der Waals surface area (Å²) in [5.74, 6) is -0.798. The molecule has 0 saturated carbocycles. The van der Waals surface area contributed by atoms with E-state index >= 15 is 0 Å². The molecule has 10 heteroatoms. The van der Waals surface area contributed by atoms with Gasteiger partial charge < -0.3 is 0 Å². The number of aromatic nitrogens is 2. The maximum atomic E-state index is 13.4. The van der Waals surface area contributed by atoms with Crippen LogP contribution in [-0.2, 0) is 16.2 Å². The minimum absolute atomic E-state index is 0.168. The number of carbonyl (C=O) groups is 1. The van der Waals surface area contributed by atoms with E-state index in [-0.39, 0.29) is 21.8 Å². The van der Waals surface area contributed by atoms with Gasteiger partial charge in [-0.05, 0) is 49.4 Å². The fourth-order valence-corrected chi connectivity index (χ4v) is 4.22. The zero-order chi connectivity index (χ0) is 24.5. The topological polar surface area (TPSA) is 81.1 Å². The number of amides is 1. The fourth-order valence-electron chi connectivity index (χ4n) is 3.24. The molecular weight excluding hydrogens is 467 g/mol. The normalized spacial score (nSPS) is 11.9. The quantitative estimate of drug-likeness (QED) is 0.432. The van der Waals surface area contributed by atoms with Crippen LogP contribution in [-0.4, -0.2) is 24.1 Å². The van der Waals surface area contributed by atoms with Gasteiger partial charge in [0, 0.05) is 11.1 Å². The van der Waals surface area contributed by atoms with Crippen LogP contribution >= 0.6 is 0 Å². The first-order chi connectivity index (χ1) is 16.0. The van der Waals surface area contributed by atoms with E-state index in [1.54, 1.807) is 42.5 Å². The van der Waals surface area contributed by atoms with Crippen molar-refractivity contribution in [3.05, 3.63) is 102 Å². The van der Waals surface area contributed by atoms with Crippen LogP contribution in [0, 0.1) is 6.92 Å². The van der Waals surface area contributed by atoms with E-state index in [2.05, 4.69) is 5.10 Å². The number of hydrogen-bond acceptors (Lipinski definition) is 4. The first-order valence-electron chi connectivity index (χ1n) is 10.0. The molecule has 1 N–H and O–H groups in total. The zero-order valence-corrected chi connectivity index (χ0v) is 18.6. The summed E-state index contributed by atoms with van der Waals surface area (Å²) in [5, 5.41) is 3.70. The van der Waals surface area contributed by atoms with Crippen molar-refractivity contribution >= 4 is 15.9 Å². The van der Waals surface area contributed by atoms with Gasteiger partial charge in [0.25, 0.3) is 15.9 Å². The number of nitrogens with one attached hydrogen (secondary N) is 1. The Morgan fingerprint density at radius 3 is 2.12 bits per heavy atom. The van der Waals surface area contributed by atoms with Crippen LogP contribution in [0.1, 0.15) is 21.6 Å². The molecule has 0 aliphatic heterocycles. The number of rotatable bonds is 5. The minimum Gasteiger partial charge on any atom is -0.268 e. The van der Waals surface area contributed by atoms with Gasteiger partial charge in [-0.2, -0.15) is 18.3 Å². The molecule has 1 heterocycles. The standard InChI is InChI=1S/C24H18F3N3O3S/c1-16-7-9-17(10-8-16)21-15-22(24(25,26)27)28-30(21)19-11-13-20(14-12-19)34(32,33)29-23(31)18-5-3-2-4-6-18/h2-15H,1H3,(H,29,31). The van der Waals surface area contributed by atoms with E-state index < -0.39 is 27.8 Å². The van der Waals surface area contributed by atoms with Crippen molar-refractivity contribution in [2.75, 3.05) is 0 Å². The summed E-state index contributed by atoms with van der Waals surface area (Å²) >= 11 is 0. The Bertz CT molecular complexity index is 1430. The number of aryl methyl sites for hydroxylation is 1. The number of benzene rings is 3. The highest BCUT2D eigenvalue weighted by molar-refractivity contribution is 7.90. The van der Waals surface area contributed by atoms with Gasteiger partial charge in [-0.3, -0.25) is 4.79 Å². The molecule has 4 rings (SSSR count). The lowest BCUT2D eigenvalue weighted by molar-refractivity contribution is -0.141. The van der Waals surface area contributed by atoms with Crippen LogP contribution in [0.3, 0.4) is 0 Å². The first-order valence-corrected chi connectivity index (χ1v) is 11.5. The molecule has 0 bridgehead atoms. The Balaban J connectivity index is 1.68. The van der Waals surface area contributed by atoms with Crippen LogP contribution < -0.4 is 4.72 Å². The summed E-state index contributed by atoms with van der Waals surface area (Å²) in [6.07, 6.45) is -4.66. The van der Waals surface area contributed by atoms with Gasteiger partial charge in [0.05, 0.1) is 16.3 Å². The number of sulfonamides is 1. The number of halogens is 3. The maximum absolute atomic E-state index is 13.4. The first kappa shape index (κ1) is 23.2. The van der Waals surface area contributed by atoms with E-state index in [0.717, 1.165) is 16.3 Å². The molecule has 1 amide bonds. The van der Waals surface area contributed by atoms with Gasteiger partial charge in [-0.1, -0.05) is 48.0 Å². The molecule has 1 aromatic heterocycles. The summed E-state index contributed by atoms with van der Waals surface area (Å²) in [4.78, 5) is 12.0. The third kappa shape index (κ3) is 4.86. The van der Waals surface area contributed by atoms with Crippen molar-refractivity contribution in [3.8, 4) is 16.9 Å². The number of alkyl halides is 3. The zero-order valence-electron chi connectivity index (χ0n) is 17.7. The highest BCUT2D eigenvalue weighted by Crippen LogP contribution is 2.33. The Morgan fingerprint density at radius 2 is 1.53 bits per heavy atom. The van der Waals surface area contributed by atoms with Crippen LogP contribution in [0.25, 0.3) is 16.9 Å². The molecule has 0 spiro atoms. The summed E-state index contributed by atoms with van der Waals surface area (Å²) in [7, 11) is -4.20. The lowest BCUT2D eigenvalue weighted by atomic mass is 10.1. The van der Waals surface area contributed by atoms with E-state index in [1.807, 2.05) is 11.6 Å². The van der Waals surface area contributed by atoms with Gasteiger partial charge in [0.15, 0.2) is 5.69 Å². The molecule has 3 aromatic carbocycles. The molecule has 174 valence electrons. The second kappa shape index (κ2) is 8.79. The summed E-state index contributed by atoms with van der Waals surface area (Å²) in [5.41, 5.74) is 0.967. The highest BCUT2D eigenvalue weighted by Gasteiger charge is 2.35. The monoisotopic (exact) mass is 485 g/mol. The van der Waals surface area contributed by atoms with Crippen molar-refractivity contribution < 1.29 is 26.4 Å². The maximum Gasteiger partial charge on any atom is 0.435 e. The van der Waals surface area contributed by atoms with Crippen LogP contribution in [0.5, 0.6) is 0 Å². The molecule has 4 aromatic rings. The van der Waals surface area contributed by atoms with E-state index in [9.17, 15) is 26.4 Å². The SMILES string of the molecule is Cc1ccc(-c2cc(C(F)(F)F)nn2-c2ccc(S(=O)(=O)NC(=O)c3ccccc3)cc2)cc1. The Hall–Kier alpha value is -3.92. The second-order valence-corrected chi connectivity index (χ2v) is 9.17. The average Bonchev–Trinajstić information content (AvgIpc) is 3.26. The number of nitrogens with zero attached hydrogens (tertiary/aromatic N) is 2. The second-order valence-electron chi connectivity index (χ2n) is 7.48. The Kier molecular flexibility index (Phi) is 6.01. The molecular formula is C24H18F3N3O3S. The van der Waals surface area contributed by atoms with E-state index in [0.29, 0.717) is 5.56 Å². The van der Waals surface area contributed by atoms with Gasteiger partial charge in [-0.25, -0.2) is 17.8 Å². The highest BCUT2D eigenvalue weighted by atomic mass is 32.2. The molecule has 0 aliphatic carbocycles. The molecule has 0 fully saturated rings. The molecule has 0 atom stereocenters. The third-order valence-corrected chi connectivity index (χ3v) is 6.35. The van der Waals surface area contributed by atoms with Crippen LogP contribution in [0.4, 0.5) is 13.2 Å². The predicted octanol–water partition coefficient (Wildman–Crippen LogP) is 4.99. The lowest BCUT2D eigenvalue weighted by Gasteiger charge is -2.10. The summed E-state index contributed by atoms with van der Waals surface area (Å²) < 4.78 is 68.4. The van der Waals surface area contributed by atoms with E-state index in [4.69, 9.17) is 0 Å². The fraction of sp³-hybridized carbons (Fsp3) is 0.0833. The lowest BCUT2D eigenvalue weighted by Crippen LogP contribution is -2.30. The largest absolute Gasteiger partial charge is 0.435 e. The summed E-state index contributed by atoms with van der Waals surface area (Å²) in [6.45, 7) is 1.86. The predicted molar refractivity (Wildman–Crippen MR) is 120 cm³/mol. The molecule has 0 unspecified atom stereocenters. The molecule has 0 aliphatic rings. The van der Waals surface area contributed by atoms with Crippen molar-refractivity contribution in [2.45, 2.75) is 18.0 Å². The summed E-state index contributed by atoms with van der Waals surface area (Å²) in [6, 6.07) is 20.7. The Morgan fingerprint density at radius 1 is 0.912 bits per heavy atom. The average molecular weight is 485 g/mol. The number of hydrogen-bond donors (Lipinski definition) is 1. The van der Waals surface area contributed by atoms with Gasteiger partial charge >= 0.3 is 6.18 Å². The van der Waals surface area contributed by atoms with Crippen LogP contribution in [0.15, 0.2) is 89.8 Å². The van der Waals surface area contributed by atoms with E-state index in [1.165, 1.54) is 36.4 Å². The van der Waals surface area contributed by atoms with Crippen LogP contribution in [0.2, 0.25) is 0 Å². The number of carbonyl (C=O) groups excluding carboxylic acids is 1. The smallest absolute Gasteiger partial charge is 0.268 e. The van der Waals surface area contributed by atoms with Gasteiger partial charge in [0.1, 0.15) is 0 Å². The van der Waals surface area contributed by atoms with Crippen molar-refractivity contribution in [2.24, 2.45) is 0 Å². The third-order valence-electron chi connectivity index (χ3n) is 5.00. The minimum atomic E-state index is -4.66. The molecule has 6 nitrogen and oxygen atoms in total. The molecule has 34 heavy (non-hydrogen) atoms. The van der Waals surface area contributed by atoms with Gasteiger partial charge in [0.2, 0.25) is 0 Å². The van der Waals surface area contributed by atoms with Crippen molar-refractivity contribution in [3.63, 3.8) is 0 Å². The Labute approximate surface area is 193 Å².